The van der Waals surface area contributed by atoms with Gasteiger partial charge in [0.15, 0.2) is 17.3 Å². The molecule has 0 aromatic heterocycles. The molecule has 106 valence electrons. The summed E-state index contributed by atoms with van der Waals surface area (Å²) in [6.45, 7) is 1.67. The summed E-state index contributed by atoms with van der Waals surface area (Å²) in [7, 11) is 1.36. The minimum absolute atomic E-state index is 0.0852. The summed E-state index contributed by atoms with van der Waals surface area (Å²) >= 11 is 0. The average molecular weight is 284 g/mol. The largest absolute Gasteiger partial charge is 0.507 e. The Labute approximate surface area is 120 Å². The van der Waals surface area contributed by atoms with Crippen LogP contribution in [-0.4, -0.2) is 28.9 Å². The number of phenolic OH excluding ortho intramolecular Hbond substituents is 2. The normalized spacial score (nSPS) is 12.9. The second kappa shape index (κ2) is 4.34. The lowest BCUT2D eigenvalue weighted by atomic mass is 9.81. The fourth-order valence-electron chi connectivity index (χ4n) is 2.67. The van der Waals surface area contributed by atoms with Crippen LogP contribution >= 0.6 is 0 Å². The number of methoxy groups -OCH3 is 1. The Balaban J connectivity index is 2.41. The number of aromatic hydroxyl groups is 2. The van der Waals surface area contributed by atoms with Gasteiger partial charge in [-0.15, -0.1) is 0 Å². The summed E-state index contributed by atoms with van der Waals surface area (Å²) in [5, 5.41) is 20.1. The topological polar surface area (TPSA) is 83.8 Å². The summed E-state index contributed by atoms with van der Waals surface area (Å²) < 4.78 is 5.02. The van der Waals surface area contributed by atoms with Crippen LogP contribution in [0.5, 0.6) is 17.2 Å². The molecule has 2 N–H and O–H groups in total. The number of ketones is 2. The van der Waals surface area contributed by atoms with Crippen LogP contribution in [0.2, 0.25) is 0 Å². The van der Waals surface area contributed by atoms with Crippen molar-refractivity contribution in [1.29, 1.82) is 0 Å². The van der Waals surface area contributed by atoms with Crippen molar-refractivity contribution in [2.24, 2.45) is 0 Å². The highest BCUT2D eigenvalue weighted by Crippen LogP contribution is 2.42. The van der Waals surface area contributed by atoms with Crippen LogP contribution in [0.1, 0.15) is 37.4 Å². The monoisotopic (exact) mass is 284 g/mol. The van der Waals surface area contributed by atoms with E-state index in [1.807, 2.05) is 0 Å². The Bertz CT molecular complexity index is 805. The number of rotatable bonds is 1. The van der Waals surface area contributed by atoms with Crippen molar-refractivity contribution in [3.05, 3.63) is 52.1 Å². The van der Waals surface area contributed by atoms with Gasteiger partial charge in [0.2, 0.25) is 5.78 Å². The molecule has 1 aliphatic carbocycles. The number of ether oxygens (including phenoxy) is 1. The highest BCUT2D eigenvalue weighted by atomic mass is 16.5. The summed E-state index contributed by atoms with van der Waals surface area (Å²) in [5.41, 5.74) is 0.618. The Morgan fingerprint density at radius 1 is 1.00 bits per heavy atom. The maximum atomic E-state index is 12.6. The Kier molecular flexibility index (Phi) is 2.73. The molecule has 0 bridgehead atoms. The van der Waals surface area contributed by atoms with Crippen LogP contribution in [-0.2, 0) is 0 Å². The molecular weight excluding hydrogens is 272 g/mol. The van der Waals surface area contributed by atoms with Crippen molar-refractivity contribution in [2.45, 2.75) is 6.92 Å². The van der Waals surface area contributed by atoms with Crippen molar-refractivity contribution in [2.75, 3.05) is 7.11 Å². The smallest absolute Gasteiger partial charge is 0.202 e. The molecule has 5 nitrogen and oxygen atoms in total. The van der Waals surface area contributed by atoms with E-state index in [9.17, 15) is 19.8 Å². The summed E-state index contributed by atoms with van der Waals surface area (Å²) in [6.07, 6.45) is 0. The molecule has 2 aromatic rings. The molecule has 0 aliphatic heterocycles. The molecular formula is C16H12O5. The van der Waals surface area contributed by atoms with E-state index in [2.05, 4.69) is 0 Å². The zero-order chi connectivity index (χ0) is 15.3. The van der Waals surface area contributed by atoms with E-state index in [4.69, 9.17) is 4.74 Å². The Morgan fingerprint density at radius 2 is 1.71 bits per heavy atom. The molecule has 0 spiro atoms. The number of carbonyl (C=O) groups excluding carboxylic acids is 2. The molecule has 0 radical (unpaired) electrons. The zero-order valence-corrected chi connectivity index (χ0v) is 11.4. The van der Waals surface area contributed by atoms with Gasteiger partial charge in [0.25, 0.3) is 0 Å². The van der Waals surface area contributed by atoms with Crippen LogP contribution in [0.25, 0.3) is 0 Å². The molecule has 0 unspecified atom stereocenters. The fraction of sp³-hybridized carbons (Fsp3) is 0.125. The molecule has 5 heteroatoms. The molecule has 2 aromatic carbocycles. The lowest BCUT2D eigenvalue weighted by molar-refractivity contribution is 0.0973. The van der Waals surface area contributed by atoms with Crippen LogP contribution in [0, 0.1) is 6.92 Å². The van der Waals surface area contributed by atoms with Gasteiger partial charge in [-0.3, -0.25) is 9.59 Å². The lowest BCUT2D eigenvalue weighted by Crippen LogP contribution is -2.22. The van der Waals surface area contributed by atoms with Crippen molar-refractivity contribution >= 4 is 11.6 Å². The van der Waals surface area contributed by atoms with E-state index >= 15 is 0 Å². The molecule has 0 amide bonds. The van der Waals surface area contributed by atoms with Gasteiger partial charge < -0.3 is 14.9 Å². The molecule has 0 fully saturated rings. The van der Waals surface area contributed by atoms with Crippen molar-refractivity contribution in [3.8, 4) is 17.2 Å². The van der Waals surface area contributed by atoms with Crippen LogP contribution in [0.4, 0.5) is 0 Å². The van der Waals surface area contributed by atoms with E-state index in [0.717, 1.165) is 0 Å². The first-order chi connectivity index (χ1) is 9.97. The third kappa shape index (κ3) is 1.64. The number of hydrogen-bond acceptors (Lipinski definition) is 5. The van der Waals surface area contributed by atoms with Gasteiger partial charge in [0.1, 0.15) is 5.75 Å². The van der Waals surface area contributed by atoms with E-state index in [1.54, 1.807) is 6.92 Å². The van der Waals surface area contributed by atoms with E-state index in [-0.39, 0.29) is 39.5 Å². The van der Waals surface area contributed by atoms with Gasteiger partial charge in [-0.05, 0) is 24.6 Å². The number of hydrogen-bond donors (Lipinski definition) is 2. The molecule has 0 heterocycles. The maximum absolute atomic E-state index is 12.6. The van der Waals surface area contributed by atoms with Gasteiger partial charge in [0.05, 0.1) is 18.2 Å². The molecule has 0 saturated heterocycles. The van der Waals surface area contributed by atoms with Crippen LogP contribution in [0.15, 0.2) is 24.3 Å². The summed E-state index contributed by atoms with van der Waals surface area (Å²) in [5.74, 6) is -1.53. The van der Waals surface area contributed by atoms with Gasteiger partial charge >= 0.3 is 0 Å². The fourth-order valence-corrected chi connectivity index (χ4v) is 2.67. The molecule has 1 aliphatic rings. The first-order valence-electron chi connectivity index (χ1n) is 6.29. The first kappa shape index (κ1) is 13.2. The highest BCUT2D eigenvalue weighted by Gasteiger charge is 2.36. The van der Waals surface area contributed by atoms with Gasteiger partial charge in [-0.2, -0.15) is 0 Å². The Hall–Kier alpha value is -2.82. The lowest BCUT2D eigenvalue weighted by Gasteiger charge is -2.21. The van der Waals surface area contributed by atoms with E-state index in [0.29, 0.717) is 5.56 Å². The zero-order valence-electron chi connectivity index (χ0n) is 11.4. The van der Waals surface area contributed by atoms with Crippen LogP contribution < -0.4 is 4.74 Å². The maximum Gasteiger partial charge on any atom is 0.202 e. The summed E-state index contributed by atoms with van der Waals surface area (Å²) in [4.78, 5) is 25.2. The van der Waals surface area contributed by atoms with Crippen molar-refractivity contribution < 1.29 is 24.5 Å². The third-order valence-electron chi connectivity index (χ3n) is 3.65. The predicted molar refractivity (Wildman–Crippen MR) is 74.4 cm³/mol. The SMILES string of the molecule is COc1cc(C)c2c(c1O)C(=O)c1c(O)cccc1C2=O. The number of phenols is 2. The molecule has 0 atom stereocenters. The number of carbonyl (C=O) groups is 2. The number of benzene rings is 2. The Morgan fingerprint density at radius 3 is 2.38 bits per heavy atom. The van der Waals surface area contributed by atoms with Gasteiger partial charge in [0, 0.05) is 11.1 Å². The average Bonchev–Trinajstić information content (AvgIpc) is 2.46. The standard InChI is InChI=1S/C16H12O5/c1-7-6-10(21-2)15(19)13-11(7)14(18)8-4-3-5-9(17)12(8)16(13)20/h3-6,17,19H,1-2H3. The van der Waals surface area contributed by atoms with Crippen molar-refractivity contribution in [1.82, 2.24) is 0 Å². The summed E-state index contributed by atoms with van der Waals surface area (Å²) in [6, 6.07) is 5.83. The minimum atomic E-state index is -0.586. The second-order valence-electron chi connectivity index (χ2n) is 4.85. The molecule has 21 heavy (non-hydrogen) atoms. The van der Waals surface area contributed by atoms with Gasteiger partial charge in [-0.1, -0.05) is 12.1 Å². The van der Waals surface area contributed by atoms with Gasteiger partial charge in [-0.25, -0.2) is 0 Å². The molecule has 0 saturated carbocycles. The highest BCUT2D eigenvalue weighted by molar-refractivity contribution is 6.30. The first-order valence-corrected chi connectivity index (χ1v) is 6.29. The van der Waals surface area contributed by atoms with E-state index in [1.165, 1.54) is 31.4 Å². The van der Waals surface area contributed by atoms with E-state index < -0.39 is 11.6 Å². The minimum Gasteiger partial charge on any atom is -0.507 e. The predicted octanol–water partition coefficient (Wildman–Crippen LogP) is 2.19. The van der Waals surface area contributed by atoms with Crippen LogP contribution in [0.3, 0.4) is 0 Å². The molecule has 3 rings (SSSR count). The second-order valence-corrected chi connectivity index (χ2v) is 4.85. The number of aryl methyl sites for hydroxylation is 1. The number of fused-ring (bicyclic) bond motifs is 2. The van der Waals surface area contributed by atoms with Crippen molar-refractivity contribution in [3.63, 3.8) is 0 Å². The third-order valence-corrected chi connectivity index (χ3v) is 3.65. The quantitative estimate of drug-likeness (QED) is 0.715.